The summed E-state index contributed by atoms with van der Waals surface area (Å²) < 4.78 is 0. The first kappa shape index (κ1) is 19.2. The Morgan fingerprint density at radius 3 is 2.48 bits per heavy atom. The average Bonchev–Trinajstić information content (AvgIpc) is 3.29. The van der Waals surface area contributed by atoms with Gasteiger partial charge in [-0.3, -0.25) is 0 Å². The number of fused-ring (bicyclic) bond motifs is 4. The molecule has 3 heteroatoms. The van der Waals surface area contributed by atoms with Crippen LogP contribution in [0.25, 0.3) is 17.2 Å². The van der Waals surface area contributed by atoms with Gasteiger partial charge in [0, 0.05) is 5.92 Å². The van der Waals surface area contributed by atoms with Crippen LogP contribution in [-0.2, 0) is 33.7 Å². The van der Waals surface area contributed by atoms with Crippen LogP contribution in [0, 0.1) is 0 Å². The normalized spacial score (nSPS) is 15.4. The molecule has 2 aliphatic carbocycles. The zero-order chi connectivity index (χ0) is 18.6. The van der Waals surface area contributed by atoms with Crippen LogP contribution < -0.4 is 0 Å². The van der Waals surface area contributed by atoms with Crippen molar-refractivity contribution in [3.05, 3.63) is 101 Å². The van der Waals surface area contributed by atoms with E-state index in [1.54, 1.807) is 5.56 Å². The summed E-state index contributed by atoms with van der Waals surface area (Å²) >= 11 is -0.826. The Bertz CT molecular complexity index is 978. The molecule has 0 spiro atoms. The van der Waals surface area contributed by atoms with E-state index in [0.29, 0.717) is 5.92 Å². The number of hydrogen-bond donors (Lipinski definition) is 0. The molecule has 0 aliphatic heterocycles. The van der Waals surface area contributed by atoms with Crippen molar-refractivity contribution in [2.75, 3.05) is 0 Å². The van der Waals surface area contributed by atoms with Crippen LogP contribution in [0.15, 0.2) is 72.8 Å². The fourth-order valence-corrected chi connectivity index (χ4v) is 4.34. The Hall–Kier alpha value is -1.14. The van der Waals surface area contributed by atoms with E-state index in [2.05, 4.69) is 78.9 Å². The molecule has 1 atom stereocenters. The van der Waals surface area contributed by atoms with Crippen molar-refractivity contribution >= 4 is 23.1 Å². The molecule has 0 saturated heterocycles. The Labute approximate surface area is 179 Å². The molecule has 0 aromatic heterocycles. The van der Waals surface area contributed by atoms with E-state index in [4.69, 9.17) is 17.0 Å². The van der Waals surface area contributed by atoms with E-state index < -0.39 is 20.8 Å². The molecule has 27 heavy (non-hydrogen) atoms. The predicted octanol–water partition coefficient (Wildman–Crippen LogP) is 7.38. The number of benzene rings is 3. The van der Waals surface area contributed by atoms with Gasteiger partial charge in [-0.2, -0.15) is 0 Å². The molecule has 0 saturated carbocycles. The first-order chi connectivity index (χ1) is 13.3. The Morgan fingerprint density at radius 1 is 0.852 bits per heavy atom. The zero-order valence-electron chi connectivity index (χ0n) is 15.0. The fraction of sp³-hybridized carbons (Fsp3) is 0.167. The maximum absolute atomic E-state index is 4.93. The van der Waals surface area contributed by atoms with Crippen LogP contribution in [-0.4, -0.2) is 0 Å². The maximum atomic E-state index is 4.93. The van der Waals surface area contributed by atoms with Crippen molar-refractivity contribution in [2.24, 2.45) is 0 Å². The van der Waals surface area contributed by atoms with Crippen molar-refractivity contribution in [1.29, 1.82) is 0 Å². The summed E-state index contributed by atoms with van der Waals surface area (Å²) in [7, 11) is 9.87. The number of allylic oxidation sites excluding steroid dienone is 1. The topological polar surface area (TPSA) is 0 Å². The molecule has 2 aliphatic rings. The first-order valence-electron chi connectivity index (χ1n) is 9.24. The van der Waals surface area contributed by atoms with Crippen LogP contribution in [0.5, 0.6) is 0 Å². The van der Waals surface area contributed by atoms with Crippen LogP contribution in [0.4, 0.5) is 0 Å². The van der Waals surface area contributed by atoms with Gasteiger partial charge < -0.3 is 0 Å². The molecule has 0 amide bonds. The van der Waals surface area contributed by atoms with E-state index in [-0.39, 0.29) is 0 Å². The quantitative estimate of drug-likeness (QED) is 0.293. The molecule has 1 unspecified atom stereocenters. The number of hydrogen-bond acceptors (Lipinski definition) is 0. The third kappa shape index (κ3) is 4.02. The SMILES string of the molecule is C1=CC(CCc2cccc3c2Cc2ccccc2-3)c2ccccc21.[Cl][Zr][Cl]. The molecule has 0 heterocycles. The summed E-state index contributed by atoms with van der Waals surface area (Å²) in [5, 5.41) is 0. The van der Waals surface area contributed by atoms with E-state index in [1.807, 2.05) is 0 Å². The molecule has 5 rings (SSSR count). The van der Waals surface area contributed by atoms with Crippen molar-refractivity contribution < 1.29 is 20.8 Å². The number of aryl methyl sites for hydroxylation is 1. The number of halogens is 2. The Balaban J connectivity index is 0.000000565. The fourth-order valence-electron chi connectivity index (χ4n) is 4.34. The van der Waals surface area contributed by atoms with Gasteiger partial charge in [-0.1, -0.05) is 78.9 Å². The summed E-state index contributed by atoms with van der Waals surface area (Å²) in [6.45, 7) is 0. The van der Waals surface area contributed by atoms with E-state index >= 15 is 0 Å². The number of rotatable bonds is 3. The standard InChI is InChI=1S/C24H20.2ClH.Zr/c1-3-9-21-17(6-1)12-14-19(21)15-13-18-8-5-11-23-22-10-4-2-7-20(22)16-24(18)23;;;/h1-12,14,19H,13,15-16H2;2*1H;/q;;;+2/p-2. The van der Waals surface area contributed by atoms with Gasteiger partial charge >= 0.3 is 37.9 Å². The third-order valence-electron chi connectivity index (χ3n) is 5.58. The molecule has 0 fully saturated rings. The summed E-state index contributed by atoms with van der Waals surface area (Å²) in [6.07, 6.45) is 8.10. The molecule has 0 nitrogen and oxygen atoms in total. The summed E-state index contributed by atoms with van der Waals surface area (Å²) in [5.74, 6) is 0.570. The molecule has 0 radical (unpaired) electrons. The van der Waals surface area contributed by atoms with Crippen LogP contribution >= 0.6 is 17.0 Å². The van der Waals surface area contributed by atoms with Gasteiger partial charge in [0.05, 0.1) is 0 Å². The van der Waals surface area contributed by atoms with Gasteiger partial charge in [-0.25, -0.2) is 0 Å². The molecular formula is C24H20Cl2Zr. The summed E-state index contributed by atoms with van der Waals surface area (Å²) in [4.78, 5) is 0. The van der Waals surface area contributed by atoms with Crippen molar-refractivity contribution in [2.45, 2.75) is 25.2 Å². The van der Waals surface area contributed by atoms with Gasteiger partial charge in [0.25, 0.3) is 0 Å². The van der Waals surface area contributed by atoms with Gasteiger partial charge in [0.15, 0.2) is 0 Å². The second-order valence-electron chi connectivity index (χ2n) is 6.98. The average molecular weight is 471 g/mol. The predicted molar refractivity (Wildman–Crippen MR) is 113 cm³/mol. The second-order valence-corrected chi connectivity index (χ2v) is 10.7. The molecule has 3 aromatic carbocycles. The van der Waals surface area contributed by atoms with Gasteiger partial charge in [0.1, 0.15) is 0 Å². The minimum absolute atomic E-state index is 0.570. The first-order valence-corrected chi connectivity index (χ1v) is 15.6. The molecule has 134 valence electrons. The van der Waals surface area contributed by atoms with Crippen molar-refractivity contribution in [3.8, 4) is 11.1 Å². The summed E-state index contributed by atoms with van der Waals surface area (Å²) in [6, 6.07) is 24.5. The van der Waals surface area contributed by atoms with E-state index in [1.165, 1.54) is 39.8 Å². The Morgan fingerprint density at radius 2 is 1.59 bits per heavy atom. The minimum atomic E-state index is -0.826. The third-order valence-corrected chi connectivity index (χ3v) is 5.58. The summed E-state index contributed by atoms with van der Waals surface area (Å²) in [5.41, 5.74) is 10.3. The molecular weight excluding hydrogens is 450 g/mol. The van der Waals surface area contributed by atoms with Crippen LogP contribution in [0.3, 0.4) is 0 Å². The zero-order valence-corrected chi connectivity index (χ0v) is 18.9. The molecule has 0 bridgehead atoms. The van der Waals surface area contributed by atoms with E-state index in [0.717, 1.165) is 12.8 Å². The van der Waals surface area contributed by atoms with Gasteiger partial charge in [-0.15, -0.1) is 0 Å². The van der Waals surface area contributed by atoms with Crippen LogP contribution in [0.2, 0.25) is 0 Å². The second kappa shape index (κ2) is 8.91. The van der Waals surface area contributed by atoms with Gasteiger partial charge in [-0.05, 0) is 58.2 Å². The van der Waals surface area contributed by atoms with Gasteiger partial charge in [0.2, 0.25) is 0 Å². The molecule has 3 aromatic rings. The monoisotopic (exact) mass is 468 g/mol. The van der Waals surface area contributed by atoms with Crippen LogP contribution in [0.1, 0.15) is 40.2 Å². The Kier molecular flexibility index (Phi) is 6.33. The van der Waals surface area contributed by atoms with Crippen molar-refractivity contribution in [1.82, 2.24) is 0 Å². The molecule has 0 N–H and O–H groups in total. The van der Waals surface area contributed by atoms with E-state index in [9.17, 15) is 0 Å². The van der Waals surface area contributed by atoms with Crippen molar-refractivity contribution in [3.63, 3.8) is 0 Å².